The van der Waals surface area contributed by atoms with Crippen molar-refractivity contribution >= 4 is 55.0 Å². The topological polar surface area (TPSA) is 211 Å². The fourth-order valence-corrected chi connectivity index (χ4v) is 6.28. The smallest absolute Gasteiger partial charge is 0.219 e. The van der Waals surface area contributed by atoms with E-state index in [9.17, 15) is 39.0 Å². The number of ether oxygens (including phenoxy) is 5. The Morgan fingerprint density at radius 3 is 1.25 bits per heavy atom. The Labute approximate surface area is 370 Å². The predicted octanol–water partition coefficient (Wildman–Crippen LogP) is -1.87. The zero-order valence-corrected chi connectivity index (χ0v) is 39.2. The number of hydrogen-bond donors (Lipinski definition) is 0. The average Bonchev–Trinajstić information content (AvgIpc) is 3.17. The molecule has 0 saturated carbocycles. The van der Waals surface area contributed by atoms with Gasteiger partial charge in [-0.25, -0.2) is 0 Å². The zero-order valence-electron chi connectivity index (χ0n) is 36.7. The minimum Gasteiger partial charge on any atom is -0.549 e. The van der Waals surface area contributed by atoms with Gasteiger partial charge in [-0.1, -0.05) is 6.92 Å². The Morgan fingerprint density at radius 2 is 0.850 bits per heavy atom. The number of carbonyl (C=O) groups excluding carboxylic acids is 6. The van der Waals surface area contributed by atoms with Crippen LogP contribution >= 0.6 is 0 Å². The van der Waals surface area contributed by atoms with Gasteiger partial charge < -0.3 is 48.4 Å². The molecule has 60 heavy (non-hydrogen) atoms. The molecular formula is C41H73GaN5O13-2. The third-order valence-electron chi connectivity index (χ3n) is 9.46. The van der Waals surface area contributed by atoms with Crippen molar-refractivity contribution in [1.82, 2.24) is 24.5 Å². The summed E-state index contributed by atoms with van der Waals surface area (Å²) in [5, 5.41) is 22.7. The maximum atomic E-state index is 12.9. The summed E-state index contributed by atoms with van der Waals surface area (Å²) in [6.45, 7) is 13.6. The van der Waals surface area contributed by atoms with E-state index < -0.39 is 11.9 Å². The molecule has 1 aliphatic heterocycles. The van der Waals surface area contributed by atoms with Crippen LogP contribution in [0.4, 0.5) is 0 Å². The van der Waals surface area contributed by atoms with Crippen molar-refractivity contribution in [1.29, 1.82) is 0 Å². The molecule has 1 saturated heterocycles. The monoisotopic (exact) mass is 912 g/mol. The summed E-state index contributed by atoms with van der Waals surface area (Å²) in [7, 11) is 0. The Kier molecular flexibility index (Phi) is 36.9. The van der Waals surface area contributed by atoms with Crippen molar-refractivity contribution in [2.45, 2.75) is 72.1 Å². The fraction of sp³-hybridized carbons (Fsp3) is 0.854. The molecule has 0 bridgehead atoms. The predicted molar refractivity (Wildman–Crippen MR) is 221 cm³/mol. The number of carbonyl (C=O) groups is 6. The number of rotatable bonds is 35. The standard InChI is InChI=1S/C41H75N5O13.Ga/c1-4-21-55-25-26-58-24-9-12-46(37(3)48)33-39(50)11-6-8-23-57-28-30-59-29-27-56-22-7-5-10-38(49)32-43-15-13-42(31-36(2)47)14-17-44(34-40(51)52)19-20-45(18-16-43)35-41(53)54;/h4-35H2,1-3H3,(H,51,52)(H,53,54);/p-2. The van der Waals surface area contributed by atoms with E-state index in [1.807, 2.05) is 9.80 Å². The second-order valence-electron chi connectivity index (χ2n) is 14.9. The number of ketones is 3. The Bertz CT molecular complexity index is 1160. The molecule has 3 radical (unpaired) electrons. The van der Waals surface area contributed by atoms with E-state index in [4.69, 9.17) is 23.7 Å². The molecule has 19 heteroatoms. The summed E-state index contributed by atoms with van der Waals surface area (Å²) in [4.78, 5) is 80.8. The Hall–Kier alpha value is -2.30. The number of hydrogen-bond acceptors (Lipinski definition) is 17. The van der Waals surface area contributed by atoms with Crippen molar-refractivity contribution in [3.8, 4) is 0 Å². The first kappa shape index (κ1) is 57.7. The first-order valence-electron chi connectivity index (χ1n) is 21.4. The average molecular weight is 914 g/mol. The van der Waals surface area contributed by atoms with Crippen LogP contribution in [0.3, 0.4) is 0 Å². The van der Waals surface area contributed by atoms with Crippen molar-refractivity contribution in [2.24, 2.45) is 0 Å². The van der Waals surface area contributed by atoms with Gasteiger partial charge in [-0.2, -0.15) is 0 Å². The molecule has 0 aromatic rings. The molecule has 1 amide bonds. The van der Waals surface area contributed by atoms with E-state index in [0.29, 0.717) is 157 Å². The van der Waals surface area contributed by atoms with E-state index >= 15 is 0 Å². The molecule has 0 atom stereocenters. The number of unbranched alkanes of at least 4 members (excludes halogenated alkanes) is 2. The van der Waals surface area contributed by atoms with Gasteiger partial charge in [0.05, 0.1) is 71.2 Å². The van der Waals surface area contributed by atoms with Crippen LogP contribution in [-0.2, 0) is 52.5 Å². The molecule has 0 unspecified atom stereocenters. The maximum absolute atomic E-state index is 12.9. The fourth-order valence-electron chi connectivity index (χ4n) is 6.28. The van der Waals surface area contributed by atoms with Gasteiger partial charge in [0.15, 0.2) is 5.78 Å². The Balaban J connectivity index is 0.0000348. The van der Waals surface area contributed by atoms with E-state index in [1.54, 1.807) is 14.7 Å². The van der Waals surface area contributed by atoms with Crippen molar-refractivity contribution in [3.63, 3.8) is 0 Å². The summed E-state index contributed by atoms with van der Waals surface area (Å²) in [5.41, 5.74) is 0. The normalized spacial score (nSPS) is 15.1. The van der Waals surface area contributed by atoms with Crippen molar-refractivity contribution < 1.29 is 62.7 Å². The molecule has 0 spiro atoms. The largest absolute Gasteiger partial charge is 0.549 e. The third-order valence-corrected chi connectivity index (χ3v) is 9.46. The van der Waals surface area contributed by atoms with Gasteiger partial charge >= 0.3 is 0 Å². The minimum atomic E-state index is -1.23. The van der Waals surface area contributed by atoms with E-state index in [1.165, 1.54) is 13.8 Å². The molecule has 345 valence electrons. The molecular weight excluding hydrogens is 840 g/mol. The van der Waals surface area contributed by atoms with Gasteiger partial charge in [0.25, 0.3) is 0 Å². The van der Waals surface area contributed by atoms with Gasteiger partial charge in [0.1, 0.15) is 11.6 Å². The molecule has 1 rings (SSSR count). The zero-order chi connectivity index (χ0) is 43.5. The second-order valence-corrected chi connectivity index (χ2v) is 14.9. The number of nitrogens with zero attached hydrogens (tertiary/aromatic N) is 5. The number of amides is 1. The first-order valence-corrected chi connectivity index (χ1v) is 21.4. The second kappa shape index (κ2) is 38.4. The van der Waals surface area contributed by atoms with Crippen LogP contribution in [0.5, 0.6) is 0 Å². The van der Waals surface area contributed by atoms with E-state index in [0.717, 1.165) is 19.4 Å². The van der Waals surface area contributed by atoms with Gasteiger partial charge in [-0.15, -0.1) is 0 Å². The quantitative estimate of drug-likeness (QED) is 0.0504. The van der Waals surface area contributed by atoms with Gasteiger partial charge in [0.2, 0.25) is 5.91 Å². The third kappa shape index (κ3) is 34.3. The summed E-state index contributed by atoms with van der Waals surface area (Å²) < 4.78 is 27.7. The number of Topliss-reactive ketones (excluding diaryl/α,β-unsaturated/α-hetero) is 3. The minimum absolute atomic E-state index is 0. The van der Waals surface area contributed by atoms with Gasteiger partial charge in [-0.05, 0) is 45.4 Å². The number of aliphatic carboxylic acids is 2. The molecule has 1 fully saturated rings. The van der Waals surface area contributed by atoms with E-state index in [-0.39, 0.29) is 75.8 Å². The molecule has 1 aliphatic rings. The van der Waals surface area contributed by atoms with Crippen LogP contribution in [0, 0.1) is 0 Å². The maximum Gasteiger partial charge on any atom is 0.219 e. The van der Waals surface area contributed by atoms with Crippen molar-refractivity contribution in [3.05, 3.63) is 0 Å². The van der Waals surface area contributed by atoms with E-state index in [2.05, 4.69) is 6.92 Å². The molecule has 0 aliphatic carbocycles. The van der Waals surface area contributed by atoms with Gasteiger partial charge in [0, 0.05) is 138 Å². The van der Waals surface area contributed by atoms with Crippen LogP contribution in [0.2, 0.25) is 0 Å². The molecule has 0 aromatic carbocycles. The molecule has 1 heterocycles. The number of carboxylic acid groups (broad SMARTS) is 2. The molecule has 0 aromatic heterocycles. The number of carboxylic acids is 2. The molecule has 0 N–H and O–H groups in total. The van der Waals surface area contributed by atoms with Crippen LogP contribution in [0.25, 0.3) is 0 Å². The van der Waals surface area contributed by atoms with Crippen LogP contribution in [0.15, 0.2) is 0 Å². The van der Waals surface area contributed by atoms with Crippen LogP contribution < -0.4 is 10.2 Å². The SMILES string of the molecule is CCCOCCOCCCN(CC(=O)CCCCOCCOCCOCCCCC(=O)CN1CCN(CC(C)=O)CCN(CC(=O)[O-])CCN(CC(=O)[O-])CC1)C(C)=O.[Ga]. The molecule has 18 nitrogen and oxygen atoms in total. The first-order chi connectivity index (χ1) is 28.4. The van der Waals surface area contributed by atoms with Crippen LogP contribution in [-0.4, -0.2) is 237 Å². The van der Waals surface area contributed by atoms with Crippen LogP contribution in [0.1, 0.15) is 72.1 Å². The summed E-state index contributed by atoms with van der Waals surface area (Å²) >= 11 is 0. The van der Waals surface area contributed by atoms with Gasteiger partial charge in [-0.3, -0.25) is 38.8 Å². The summed E-state index contributed by atoms with van der Waals surface area (Å²) in [6.07, 6.45) is 5.20. The Morgan fingerprint density at radius 1 is 0.483 bits per heavy atom. The van der Waals surface area contributed by atoms with Crippen molar-refractivity contribution in [2.75, 3.05) is 158 Å². The summed E-state index contributed by atoms with van der Waals surface area (Å²) in [5.74, 6) is -2.50. The summed E-state index contributed by atoms with van der Waals surface area (Å²) in [6, 6.07) is 0.